The van der Waals surface area contributed by atoms with Gasteiger partial charge in [-0.3, -0.25) is 4.99 Å². The van der Waals surface area contributed by atoms with Crippen molar-refractivity contribution in [2.75, 3.05) is 48.1 Å². The maximum absolute atomic E-state index is 5.61. The molecule has 0 radical (unpaired) electrons. The molecular formula is C18H30IN3O4. The Labute approximate surface area is 172 Å². The Kier molecular flexibility index (Phi) is 10.5. The summed E-state index contributed by atoms with van der Waals surface area (Å²) in [5, 5.41) is 6.62. The van der Waals surface area contributed by atoms with Crippen molar-refractivity contribution in [1.82, 2.24) is 10.6 Å². The molecule has 1 fully saturated rings. The van der Waals surface area contributed by atoms with E-state index in [4.69, 9.17) is 18.9 Å². The number of benzene rings is 1. The molecule has 1 unspecified atom stereocenters. The Bertz CT molecular complexity index is 553. The Hall–Kier alpha value is -1.42. The first kappa shape index (κ1) is 22.6. The number of hydrogen-bond donors (Lipinski definition) is 2. The van der Waals surface area contributed by atoms with Gasteiger partial charge in [0, 0.05) is 44.4 Å². The van der Waals surface area contributed by atoms with E-state index < -0.39 is 0 Å². The van der Waals surface area contributed by atoms with E-state index in [0.29, 0.717) is 12.3 Å². The van der Waals surface area contributed by atoms with Gasteiger partial charge in [-0.05, 0) is 19.3 Å². The van der Waals surface area contributed by atoms with Crippen LogP contribution in [0.25, 0.3) is 0 Å². The van der Waals surface area contributed by atoms with Crippen LogP contribution in [0.5, 0.6) is 17.2 Å². The van der Waals surface area contributed by atoms with Gasteiger partial charge in [0.2, 0.25) is 0 Å². The Morgan fingerprint density at radius 1 is 1.15 bits per heavy atom. The van der Waals surface area contributed by atoms with Crippen LogP contribution in [0.15, 0.2) is 17.1 Å². The van der Waals surface area contributed by atoms with Crippen LogP contribution >= 0.6 is 24.0 Å². The number of hydrogen-bond acceptors (Lipinski definition) is 5. The first-order valence-corrected chi connectivity index (χ1v) is 8.56. The van der Waals surface area contributed by atoms with E-state index in [1.807, 2.05) is 12.1 Å². The standard InChI is InChI=1S/C18H29N3O4.HI/c1-19-18(21-12-13-6-5-9-25-13)20-8-7-15-16(23-3)10-14(22-2)11-17(15)24-4;/h10-11,13H,5-9,12H2,1-4H3,(H2,19,20,21);1H. The minimum absolute atomic E-state index is 0. The van der Waals surface area contributed by atoms with Crippen LogP contribution in [0.2, 0.25) is 0 Å². The van der Waals surface area contributed by atoms with Gasteiger partial charge in [0.15, 0.2) is 5.96 Å². The highest BCUT2D eigenvalue weighted by atomic mass is 127. The van der Waals surface area contributed by atoms with E-state index in [2.05, 4.69) is 15.6 Å². The highest BCUT2D eigenvalue weighted by Crippen LogP contribution is 2.34. The van der Waals surface area contributed by atoms with E-state index in [1.54, 1.807) is 28.4 Å². The molecule has 0 spiro atoms. The fourth-order valence-corrected chi connectivity index (χ4v) is 2.87. The third-order valence-electron chi connectivity index (χ3n) is 4.23. The molecule has 0 saturated carbocycles. The summed E-state index contributed by atoms with van der Waals surface area (Å²) in [7, 11) is 6.68. The van der Waals surface area contributed by atoms with Crippen molar-refractivity contribution >= 4 is 29.9 Å². The predicted molar refractivity (Wildman–Crippen MR) is 114 cm³/mol. The van der Waals surface area contributed by atoms with Crippen molar-refractivity contribution < 1.29 is 18.9 Å². The van der Waals surface area contributed by atoms with E-state index in [9.17, 15) is 0 Å². The lowest BCUT2D eigenvalue weighted by Gasteiger charge is -2.17. The second kappa shape index (κ2) is 12.1. The summed E-state index contributed by atoms with van der Waals surface area (Å²) >= 11 is 0. The maximum Gasteiger partial charge on any atom is 0.191 e. The lowest BCUT2D eigenvalue weighted by Crippen LogP contribution is -2.41. The van der Waals surface area contributed by atoms with Crippen LogP contribution in [-0.2, 0) is 11.2 Å². The summed E-state index contributed by atoms with van der Waals surface area (Å²) < 4.78 is 21.9. The van der Waals surface area contributed by atoms with Crippen LogP contribution in [0, 0.1) is 0 Å². The third kappa shape index (κ3) is 6.39. The number of aliphatic imine (C=N–C) groups is 1. The highest BCUT2D eigenvalue weighted by molar-refractivity contribution is 14.0. The number of guanidine groups is 1. The summed E-state index contributed by atoms with van der Waals surface area (Å²) in [5.74, 6) is 2.97. The first-order valence-electron chi connectivity index (χ1n) is 8.56. The lowest BCUT2D eigenvalue weighted by molar-refractivity contribution is 0.114. The number of ether oxygens (including phenoxy) is 4. The van der Waals surface area contributed by atoms with Gasteiger partial charge in [-0.25, -0.2) is 0 Å². The molecule has 1 atom stereocenters. The molecule has 1 aromatic rings. The largest absolute Gasteiger partial charge is 0.496 e. The van der Waals surface area contributed by atoms with Crippen LogP contribution < -0.4 is 24.8 Å². The minimum atomic E-state index is 0. The van der Waals surface area contributed by atoms with Crippen molar-refractivity contribution in [2.45, 2.75) is 25.4 Å². The molecule has 1 saturated heterocycles. The Morgan fingerprint density at radius 2 is 1.85 bits per heavy atom. The van der Waals surface area contributed by atoms with Crippen LogP contribution in [0.4, 0.5) is 0 Å². The third-order valence-corrected chi connectivity index (χ3v) is 4.23. The first-order chi connectivity index (χ1) is 12.2. The molecule has 26 heavy (non-hydrogen) atoms. The summed E-state index contributed by atoms with van der Waals surface area (Å²) in [5.41, 5.74) is 0.993. The second-order valence-corrected chi connectivity index (χ2v) is 5.78. The molecule has 7 nitrogen and oxygen atoms in total. The average molecular weight is 479 g/mol. The van der Waals surface area contributed by atoms with E-state index >= 15 is 0 Å². The van der Waals surface area contributed by atoms with E-state index in [-0.39, 0.29) is 30.1 Å². The van der Waals surface area contributed by atoms with E-state index in [0.717, 1.165) is 55.4 Å². The maximum atomic E-state index is 5.61. The lowest BCUT2D eigenvalue weighted by atomic mass is 10.1. The predicted octanol–water partition coefficient (Wildman–Crippen LogP) is 2.22. The van der Waals surface area contributed by atoms with Crippen molar-refractivity contribution in [3.63, 3.8) is 0 Å². The van der Waals surface area contributed by atoms with Gasteiger partial charge in [-0.15, -0.1) is 24.0 Å². The zero-order valence-corrected chi connectivity index (χ0v) is 18.3. The number of nitrogens with one attached hydrogen (secondary N) is 2. The van der Waals surface area contributed by atoms with Crippen molar-refractivity contribution in [2.24, 2.45) is 4.99 Å². The van der Waals surface area contributed by atoms with Gasteiger partial charge in [0.1, 0.15) is 17.2 Å². The number of methoxy groups -OCH3 is 3. The van der Waals surface area contributed by atoms with Gasteiger partial charge in [-0.1, -0.05) is 0 Å². The molecule has 1 heterocycles. The van der Waals surface area contributed by atoms with Gasteiger partial charge in [0.05, 0.1) is 27.4 Å². The molecule has 8 heteroatoms. The molecule has 0 aromatic heterocycles. The van der Waals surface area contributed by atoms with Crippen molar-refractivity contribution in [3.8, 4) is 17.2 Å². The molecule has 0 amide bonds. The van der Waals surface area contributed by atoms with Crippen molar-refractivity contribution in [1.29, 1.82) is 0 Å². The summed E-state index contributed by atoms with van der Waals surface area (Å²) in [6.07, 6.45) is 3.25. The molecule has 2 rings (SSSR count). The normalized spacial score (nSPS) is 16.6. The molecule has 1 aromatic carbocycles. The summed E-state index contributed by atoms with van der Waals surface area (Å²) in [4.78, 5) is 4.25. The van der Waals surface area contributed by atoms with Crippen LogP contribution in [0.1, 0.15) is 18.4 Å². The minimum Gasteiger partial charge on any atom is -0.496 e. The number of nitrogens with zero attached hydrogens (tertiary/aromatic N) is 1. The molecule has 148 valence electrons. The highest BCUT2D eigenvalue weighted by Gasteiger charge is 2.16. The van der Waals surface area contributed by atoms with Crippen molar-refractivity contribution in [3.05, 3.63) is 17.7 Å². The Balaban J connectivity index is 0.00000338. The SMILES string of the molecule is CN=C(NCCc1c(OC)cc(OC)cc1OC)NCC1CCCO1.I. The topological polar surface area (TPSA) is 73.3 Å². The second-order valence-electron chi connectivity index (χ2n) is 5.78. The smallest absolute Gasteiger partial charge is 0.191 e. The monoisotopic (exact) mass is 479 g/mol. The molecule has 0 bridgehead atoms. The zero-order valence-electron chi connectivity index (χ0n) is 16.0. The quantitative estimate of drug-likeness (QED) is 0.339. The van der Waals surface area contributed by atoms with Gasteiger partial charge < -0.3 is 29.6 Å². The fraction of sp³-hybridized carbons (Fsp3) is 0.611. The molecule has 0 aliphatic carbocycles. The van der Waals surface area contributed by atoms with Gasteiger partial charge >= 0.3 is 0 Å². The van der Waals surface area contributed by atoms with Crippen LogP contribution in [0.3, 0.4) is 0 Å². The molecular weight excluding hydrogens is 449 g/mol. The molecule has 1 aliphatic heterocycles. The zero-order chi connectivity index (χ0) is 18.1. The van der Waals surface area contributed by atoms with Gasteiger partial charge in [0.25, 0.3) is 0 Å². The van der Waals surface area contributed by atoms with Crippen LogP contribution in [-0.4, -0.2) is 60.1 Å². The molecule has 1 aliphatic rings. The number of halogens is 1. The number of rotatable bonds is 8. The van der Waals surface area contributed by atoms with E-state index in [1.165, 1.54) is 0 Å². The molecule has 2 N–H and O–H groups in total. The average Bonchev–Trinajstić information content (AvgIpc) is 3.17. The fourth-order valence-electron chi connectivity index (χ4n) is 2.87. The van der Waals surface area contributed by atoms with Gasteiger partial charge in [-0.2, -0.15) is 0 Å². The summed E-state index contributed by atoms with van der Waals surface area (Å²) in [6.45, 7) is 2.33. The Morgan fingerprint density at radius 3 is 2.35 bits per heavy atom. The summed E-state index contributed by atoms with van der Waals surface area (Å²) in [6, 6.07) is 3.73.